The SMILES string of the molecule is Cn1ccnc1COc1ccc(C(=O)/C=C/c2ccc(O)c([N+](=O)[O-])c2)cc1. The van der Waals surface area contributed by atoms with Gasteiger partial charge in [-0.15, -0.1) is 0 Å². The zero-order valence-electron chi connectivity index (χ0n) is 15.0. The number of phenolic OH excluding ortho intramolecular Hbond substituents is 1. The number of phenols is 1. The Labute approximate surface area is 160 Å². The van der Waals surface area contributed by atoms with Crippen molar-refractivity contribution in [1.82, 2.24) is 9.55 Å². The van der Waals surface area contributed by atoms with Gasteiger partial charge in [0.2, 0.25) is 0 Å². The first-order valence-corrected chi connectivity index (χ1v) is 8.33. The molecular formula is C20H17N3O5. The highest BCUT2D eigenvalue weighted by Crippen LogP contribution is 2.26. The third-order valence-corrected chi connectivity index (χ3v) is 4.05. The summed E-state index contributed by atoms with van der Waals surface area (Å²) >= 11 is 0. The molecule has 0 fully saturated rings. The average Bonchev–Trinajstić information content (AvgIpc) is 3.10. The molecule has 2 aromatic carbocycles. The molecule has 28 heavy (non-hydrogen) atoms. The maximum absolute atomic E-state index is 12.3. The van der Waals surface area contributed by atoms with Crippen LogP contribution in [-0.2, 0) is 13.7 Å². The normalized spacial score (nSPS) is 10.9. The van der Waals surface area contributed by atoms with Crippen molar-refractivity contribution in [3.05, 3.63) is 88.0 Å². The molecule has 0 spiro atoms. The number of hydrogen-bond donors (Lipinski definition) is 1. The van der Waals surface area contributed by atoms with Gasteiger partial charge in [0.25, 0.3) is 0 Å². The number of ether oxygens (including phenoxy) is 1. The van der Waals surface area contributed by atoms with E-state index >= 15 is 0 Å². The number of imidazole rings is 1. The molecule has 8 heteroatoms. The lowest BCUT2D eigenvalue weighted by atomic mass is 10.1. The van der Waals surface area contributed by atoms with Crippen molar-refractivity contribution in [2.45, 2.75) is 6.61 Å². The topological polar surface area (TPSA) is 107 Å². The van der Waals surface area contributed by atoms with Crippen LogP contribution in [0.2, 0.25) is 0 Å². The van der Waals surface area contributed by atoms with E-state index in [9.17, 15) is 20.0 Å². The second-order valence-corrected chi connectivity index (χ2v) is 5.97. The average molecular weight is 379 g/mol. The molecule has 3 rings (SSSR count). The van der Waals surface area contributed by atoms with E-state index < -0.39 is 16.4 Å². The summed E-state index contributed by atoms with van der Waals surface area (Å²) < 4.78 is 7.50. The van der Waals surface area contributed by atoms with Crippen LogP contribution in [0.4, 0.5) is 5.69 Å². The first-order valence-electron chi connectivity index (χ1n) is 8.33. The summed E-state index contributed by atoms with van der Waals surface area (Å²) in [6, 6.07) is 10.6. The lowest BCUT2D eigenvalue weighted by Crippen LogP contribution is -2.03. The number of allylic oxidation sites excluding steroid dienone is 1. The van der Waals surface area contributed by atoms with E-state index in [4.69, 9.17) is 4.74 Å². The highest BCUT2D eigenvalue weighted by molar-refractivity contribution is 6.06. The van der Waals surface area contributed by atoms with E-state index in [1.165, 1.54) is 30.4 Å². The van der Waals surface area contributed by atoms with Gasteiger partial charge in [-0.2, -0.15) is 0 Å². The Morgan fingerprint density at radius 2 is 2.04 bits per heavy atom. The number of ketones is 1. The van der Waals surface area contributed by atoms with Gasteiger partial charge in [-0.25, -0.2) is 4.98 Å². The van der Waals surface area contributed by atoms with Crippen LogP contribution in [-0.4, -0.2) is 25.4 Å². The van der Waals surface area contributed by atoms with Crippen molar-refractivity contribution >= 4 is 17.5 Å². The zero-order chi connectivity index (χ0) is 20.1. The van der Waals surface area contributed by atoms with Gasteiger partial charge in [0.1, 0.15) is 18.2 Å². The Kier molecular flexibility index (Phi) is 5.50. The minimum Gasteiger partial charge on any atom is -0.502 e. The predicted octanol–water partition coefficient (Wildman–Crippen LogP) is 3.51. The van der Waals surface area contributed by atoms with Crippen LogP contribution < -0.4 is 4.74 Å². The molecule has 0 aliphatic rings. The fourth-order valence-corrected chi connectivity index (χ4v) is 2.46. The Morgan fingerprint density at radius 1 is 1.29 bits per heavy atom. The van der Waals surface area contributed by atoms with Gasteiger partial charge < -0.3 is 14.4 Å². The van der Waals surface area contributed by atoms with E-state index in [1.54, 1.807) is 30.5 Å². The fourth-order valence-electron chi connectivity index (χ4n) is 2.46. The summed E-state index contributed by atoms with van der Waals surface area (Å²) in [6.07, 6.45) is 6.30. The number of aromatic nitrogens is 2. The van der Waals surface area contributed by atoms with Crippen molar-refractivity contribution in [3.63, 3.8) is 0 Å². The summed E-state index contributed by atoms with van der Waals surface area (Å²) in [5, 5.41) is 20.3. The minimum absolute atomic E-state index is 0.258. The molecule has 0 unspecified atom stereocenters. The molecule has 1 heterocycles. The van der Waals surface area contributed by atoms with Gasteiger partial charge >= 0.3 is 5.69 Å². The second kappa shape index (κ2) is 8.17. The number of aromatic hydroxyl groups is 1. The van der Waals surface area contributed by atoms with Crippen molar-refractivity contribution in [3.8, 4) is 11.5 Å². The van der Waals surface area contributed by atoms with Crippen LogP contribution in [0.5, 0.6) is 11.5 Å². The highest BCUT2D eigenvalue weighted by Gasteiger charge is 2.12. The number of nitrogens with zero attached hydrogens (tertiary/aromatic N) is 3. The molecule has 142 valence electrons. The Balaban J connectivity index is 1.64. The van der Waals surface area contributed by atoms with Crippen LogP contribution >= 0.6 is 0 Å². The quantitative estimate of drug-likeness (QED) is 0.291. The first-order chi connectivity index (χ1) is 13.4. The second-order valence-electron chi connectivity index (χ2n) is 5.97. The number of benzene rings is 2. The molecule has 0 bridgehead atoms. The van der Waals surface area contributed by atoms with Crippen LogP contribution in [0.1, 0.15) is 21.7 Å². The number of aryl methyl sites for hydroxylation is 1. The van der Waals surface area contributed by atoms with E-state index in [0.717, 1.165) is 5.82 Å². The van der Waals surface area contributed by atoms with Crippen LogP contribution in [0.25, 0.3) is 6.08 Å². The molecular weight excluding hydrogens is 362 g/mol. The zero-order valence-corrected chi connectivity index (χ0v) is 15.0. The van der Waals surface area contributed by atoms with Crippen molar-refractivity contribution in [2.24, 2.45) is 7.05 Å². The molecule has 0 amide bonds. The molecule has 3 aromatic rings. The van der Waals surface area contributed by atoms with Crippen molar-refractivity contribution in [2.75, 3.05) is 0 Å². The third-order valence-electron chi connectivity index (χ3n) is 4.05. The van der Waals surface area contributed by atoms with E-state index in [2.05, 4.69) is 4.98 Å². The standard InChI is InChI=1S/C20H17N3O5/c1-22-11-10-21-20(22)13-28-16-6-4-15(5-7-16)18(24)8-2-14-3-9-19(25)17(12-14)23(26)27/h2-12,25H,13H2,1H3/b8-2+. The summed E-state index contributed by atoms with van der Waals surface area (Å²) in [7, 11) is 1.88. The minimum atomic E-state index is -0.682. The molecule has 0 aliphatic heterocycles. The van der Waals surface area contributed by atoms with Crippen LogP contribution in [0, 0.1) is 10.1 Å². The number of carbonyl (C=O) groups is 1. The van der Waals surface area contributed by atoms with Gasteiger partial charge in [0.05, 0.1) is 4.92 Å². The smallest absolute Gasteiger partial charge is 0.311 e. The summed E-state index contributed by atoms with van der Waals surface area (Å²) in [4.78, 5) is 26.6. The largest absolute Gasteiger partial charge is 0.502 e. The van der Waals surface area contributed by atoms with Gasteiger partial charge in [-0.3, -0.25) is 14.9 Å². The monoisotopic (exact) mass is 379 g/mol. The van der Waals surface area contributed by atoms with Gasteiger partial charge in [-0.1, -0.05) is 12.1 Å². The number of carbonyl (C=O) groups excluding carboxylic acids is 1. The molecule has 1 aromatic heterocycles. The van der Waals surface area contributed by atoms with Crippen molar-refractivity contribution < 1.29 is 19.6 Å². The van der Waals surface area contributed by atoms with E-state index in [-0.39, 0.29) is 5.78 Å². The van der Waals surface area contributed by atoms with E-state index in [1.807, 2.05) is 17.8 Å². The number of rotatable bonds is 7. The van der Waals surface area contributed by atoms with Gasteiger partial charge in [0, 0.05) is 31.1 Å². The summed E-state index contributed by atoms with van der Waals surface area (Å²) in [6.45, 7) is 0.316. The molecule has 0 saturated carbocycles. The highest BCUT2D eigenvalue weighted by atomic mass is 16.6. The van der Waals surface area contributed by atoms with E-state index in [0.29, 0.717) is 23.5 Å². The summed E-state index contributed by atoms with van der Waals surface area (Å²) in [5.74, 6) is 0.713. The number of nitro groups is 1. The lowest BCUT2D eigenvalue weighted by molar-refractivity contribution is -0.385. The van der Waals surface area contributed by atoms with Crippen LogP contribution in [0.15, 0.2) is 60.9 Å². The van der Waals surface area contributed by atoms with Crippen LogP contribution in [0.3, 0.4) is 0 Å². The molecule has 8 nitrogen and oxygen atoms in total. The molecule has 0 saturated heterocycles. The molecule has 0 atom stereocenters. The van der Waals surface area contributed by atoms with Gasteiger partial charge in [0.15, 0.2) is 11.5 Å². The number of nitro benzene ring substituents is 1. The first kappa shape index (κ1) is 18.8. The molecule has 0 aliphatic carbocycles. The molecule has 1 N–H and O–H groups in total. The lowest BCUT2D eigenvalue weighted by Gasteiger charge is -2.06. The maximum Gasteiger partial charge on any atom is 0.311 e. The Bertz CT molecular complexity index is 1040. The fraction of sp³-hybridized carbons (Fsp3) is 0.100. The summed E-state index contributed by atoms with van der Waals surface area (Å²) in [5.41, 5.74) is 0.477. The predicted molar refractivity (Wildman–Crippen MR) is 102 cm³/mol. The Morgan fingerprint density at radius 3 is 2.68 bits per heavy atom. The van der Waals surface area contributed by atoms with Crippen molar-refractivity contribution in [1.29, 1.82) is 0 Å². The maximum atomic E-state index is 12.3. The van der Waals surface area contributed by atoms with Gasteiger partial charge in [-0.05, 0) is 42.0 Å². The molecule has 0 radical (unpaired) electrons. The Hall–Kier alpha value is -3.94. The third kappa shape index (κ3) is 4.42. The number of hydrogen-bond acceptors (Lipinski definition) is 6.